The smallest absolute Gasteiger partial charge is 0.234 e. The van der Waals surface area contributed by atoms with E-state index < -0.39 is 0 Å². The lowest BCUT2D eigenvalue weighted by atomic mass is 10.1. The second-order valence-corrected chi connectivity index (χ2v) is 7.46. The first-order chi connectivity index (χ1) is 14.2. The standard InChI is InChI=1S/C22H20N4O2S/c1-15-6-2-5-9-19(15)28-13-20-24-22(26-25-20)29-14-21(27)23-18-11-10-16-7-3-4-8-17(16)12-18/h2-12H,13-14H2,1H3,(H,23,27)(H,24,25,26). The maximum absolute atomic E-state index is 12.3. The summed E-state index contributed by atoms with van der Waals surface area (Å²) in [4.78, 5) is 16.6. The first-order valence-electron chi connectivity index (χ1n) is 9.18. The molecule has 7 heteroatoms. The fraction of sp³-hybridized carbons (Fsp3) is 0.136. The molecule has 0 saturated carbocycles. The fourth-order valence-electron chi connectivity index (χ4n) is 2.87. The molecule has 6 nitrogen and oxygen atoms in total. The summed E-state index contributed by atoms with van der Waals surface area (Å²) >= 11 is 1.28. The molecule has 3 aromatic carbocycles. The van der Waals surface area contributed by atoms with Crippen LogP contribution < -0.4 is 10.1 Å². The van der Waals surface area contributed by atoms with Crippen molar-refractivity contribution in [1.82, 2.24) is 15.2 Å². The number of hydrogen-bond donors (Lipinski definition) is 2. The third-order valence-electron chi connectivity index (χ3n) is 4.33. The van der Waals surface area contributed by atoms with Crippen LogP contribution in [0, 0.1) is 6.92 Å². The molecule has 0 aliphatic rings. The molecule has 0 aliphatic carbocycles. The molecule has 4 rings (SSSR count). The Labute approximate surface area is 172 Å². The van der Waals surface area contributed by atoms with E-state index in [1.807, 2.05) is 73.7 Å². The van der Waals surface area contributed by atoms with E-state index in [2.05, 4.69) is 20.5 Å². The first-order valence-corrected chi connectivity index (χ1v) is 10.2. The molecule has 4 aromatic rings. The molecule has 0 bridgehead atoms. The van der Waals surface area contributed by atoms with Gasteiger partial charge in [-0.2, -0.15) is 0 Å². The van der Waals surface area contributed by atoms with E-state index >= 15 is 0 Å². The van der Waals surface area contributed by atoms with Gasteiger partial charge in [0.25, 0.3) is 0 Å². The molecular weight excluding hydrogens is 384 g/mol. The van der Waals surface area contributed by atoms with E-state index in [1.54, 1.807) is 0 Å². The van der Waals surface area contributed by atoms with Crippen molar-refractivity contribution in [2.24, 2.45) is 0 Å². The van der Waals surface area contributed by atoms with Gasteiger partial charge in [-0.05, 0) is 41.5 Å². The van der Waals surface area contributed by atoms with Crippen LogP contribution in [0.15, 0.2) is 71.9 Å². The Kier molecular flexibility index (Phi) is 5.76. The van der Waals surface area contributed by atoms with Crippen LogP contribution in [0.3, 0.4) is 0 Å². The van der Waals surface area contributed by atoms with E-state index in [0.717, 1.165) is 27.8 Å². The Morgan fingerprint density at radius 3 is 2.72 bits per heavy atom. The molecule has 1 heterocycles. The number of thioether (sulfide) groups is 1. The van der Waals surface area contributed by atoms with Crippen LogP contribution in [0.4, 0.5) is 5.69 Å². The highest BCUT2D eigenvalue weighted by Crippen LogP contribution is 2.20. The third-order valence-corrected chi connectivity index (χ3v) is 5.18. The minimum absolute atomic E-state index is 0.104. The molecule has 2 N–H and O–H groups in total. The van der Waals surface area contributed by atoms with Gasteiger partial charge >= 0.3 is 0 Å². The van der Waals surface area contributed by atoms with Gasteiger partial charge < -0.3 is 10.1 Å². The predicted molar refractivity (Wildman–Crippen MR) is 115 cm³/mol. The number of carbonyl (C=O) groups excluding carboxylic acids is 1. The Hall–Kier alpha value is -3.32. The number of aromatic amines is 1. The minimum atomic E-state index is -0.104. The van der Waals surface area contributed by atoms with Gasteiger partial charge in [0.05, 0.1) is 5.75 Å². The Balaban J connectivity index is 1.28. The average molecular weight is 404 g/mol. The van der Waals surface area contributed by atoms with E-state index in [1.165, 1.54) is 11.8 Å². The maximum Gasteiger partial charge on any atom is 0.234 e. The number of anilines is 1. The van der Waals surface area contributed by atoms with Crippen molar-refractivity contribution in [2.45, 2.75) is 18.7 Å². The number of H-pyrrole nitrogens is 1. The van der Waals surface area contributed by atoms with Gasteiger partial charge in [0.15, 0.2) is 5.82 Å². The highest BCUT2D eigenvalue weighted by Gasteiger charge is 2.09. The predicted octanol–water partition coefficient (Wildman–Crippen LogP) is 4.58. The Morgan fingerprint density at radius 2 is 1.86 bits per heavy atom. The SMILES string of the molecule is Cc1ccccc1OCc1nc(SCC(=O)Nc2ccc3ccccc3c2)n[nH]1. The summed E-state index contributed by atoms with van der Waals surface area (Å²) in [6.45, 7) is 2.28. The topological polar surface area (TPSA) is 79.9 Å². The van der Waals surface area contributed by atoms with Crippen molar-refractivity contribution < 1.29 is 9.53 Å². The van der Waals surface area contributed by atoms with Crippen LogP contribution in [0.25, 0.3) is 10.8 Å². The second-order valence-electron chi connectivity index (χ2n) is 6.52. The Bertz CT molecular complexity index is 1140. The van der Waals surface area contributed by atoms with Crippen molar-refractivity contribution in [1.29, 1.82) is 0 Å². The monoisotopic (exact) mass is 404 g/mol. The van der Waals surface area contributed by atoms with Crippen LogP contribution >= 0.6 is 11.8 Å². The van der Waals surface area contributed by atoms with E-state index in [9.17, 15) is 4.79 Å². The van der Waals surface area contributed by atoms with Crippen molar-refractivity contribution in [3.8, 4) is 5.75 Å². The molecule has 1 amide bonds. The van der Waals surface area contributed by atoms with Crippen LogP contribution in [0.1, 0.15) is 11.4 Å². The molecule has 0 saturated heterocycles. The number of aryl methyl sites for hydroxylation is 1. The van der Waals surface area contributed by atoms with E-state index in [0.29, 0.717) is 17.6 Å². The van der Waals surface area contributed by atoms with Crippen LogP contribution in [-0.2, 0) is 11.4 Å². The second kappa shape index (κ2) is 8.79. The number of nitrogens with one attached hydrogen (secondary N) is 2. The van der Waals surface area contributed by atoms with Crippen LogP contribution in [-0.4, -0.2) is 26.8 Å². The lowest BCUT2D eigenvalue weighted by Crippen LogP contribution is -2.14. The molecule has 0 spiro atoms. The van der Waals surface area contributed by atoms with Gasteiger partial charge in [-0.1, -0.05) is 60.3 Å². The summed E-state index contributed by atoms with van der Waals surface area (Å²) in [6.07, 6.45) is 0. The molecule has 0 atom stereocenters. The number of amides is 1. The lowest BCUT2D eigenvalue weighted by Gasteiger charge is -2.06. The summed E-state index contributed by atoms with van der Waals surface area (Å²) in [5, 5.41) is 12.6. The summed E-state index contributed by atoms with van der Waals surface area (Å²) in [6, 6.07) is 21.7. The number of benzene rings is 3. The number of fused-ring (bicyclic) bond motifs is 1. The zero-order valence-corrected chi connectivity index (χ0v) is 16.7. The zero-order valence-electron chi connectivity index (χ0n) is 15.9. The van der Waals surface area contributed by atoms with Crippen LogP contribution in [0.5, 0.6) is 5.75 Å². The minimum Gasteiger partial charge on any atom is -0.485 e. The van der Waals surface area contributed by atoms with Gasteiger partial charge in [-0.25, -0.2) is 4.98 Å². The van der Waals surface area contributed by atoms with Crippen LogP contribution in [0.2, 0.25) is 0 Å². The van der Waals surface area contributed by atoms with Gasteiger partial charge in [-0.3, -0.25) is 9.89 Å². The quantitative estimate of drug-likeness (QED) is 0.441. The number of carbonyl (C=O) groups is 1. The van der Waals surface area contributed by atoms with E-state index in [4.69, 9.17) is 4.74 Å². The van der Waals surface area contributed by atoms with Gasteiger partial charge in [0.1, 0.15) is 12.4 Å². The van der Waals surface area contributed by atoms with Crippen molar-refractivity contribution in [3.63, 3.8) is 0 Å². The third kappa shape index (κ3) is 4.94. The molecule has 0 aliphatic heterocycles. The molecule has 1 aromatic heterocycles. The van der Waals surface area contributed by atoms with E-state index in [-0.39, 0.29) is 11.7 Å². The number of hydrogen-bond acceptors (Lipinski definition) is 5. The van der Waals surface area contributed by atoms with Crippen molar-refractivity contribution in [2.75, 3.05) is 11.1 Å². The lowest BCUT2D eigenvalue weighted by molar-refractivity contribution is -0.113. The molecule has 146 valence electrons. The first kappa shape index (κ1) is 19.0. The normalized spacial score (nSPS) is 10.8. The maximum atomic E-state index is 12.3. The summed E-state index contributed by atoms with van der Waals surface area (Å²) < 4.78 is 5.75. The zero-order chi connectivity index (χ0) is 20.1. The van der Waals surface area contributed by atoms with Gasteiger partial charge in [-0.15, -0.1) is 5.10 Å². The average Bonchev–Trinajstić information content (AvgIpc) is 3.19. The number of para-hydroxylation sites is 1. The number of aromatic nitrogens is 3. The Morgan fingerprint density at radius 1 is 1.07 bits per heavy atom. The van der Waals surface area contributed by atoms with Gasteiger partial charge in [0.2, 0.25) is 11.1 Å². The highest BCUT2D eigenvalue weighted by atomic mass is 32.2. The molecule has 0 radical (unpaired) electrons. The summed E-state index contributed by atoms with van der Waals surface area (Å²) in [5.41, 5.74) is 1.84. The van der Waals surface area contributed by atoms with Crippen molar-refractivity contribution >= 4 is 34.1 Å². The molecule has 0 unspecified atom stereocenters. The highest BCUT2D eigenvalue weighted by molar-refractivity contribution is 7.99. The largest absolute Gasteiger partial charge is 0.485 e. The number of rotatable bonds is 7. The summed E-state index contributed by atoms with van der Waals surface area (Å²) in [7, 11) is 0. The number of nitrogens with zero attached hydrogens (tertiary/aromatic N) is 2. The van der Waals surface area contributed by atoms with Crippen molar-refractivity contribution in [3.05, 3.63) is 78.1 Å². The number of ether oxygens (including phenoxy) is 1. The fourth-order valence-corrected chi connectivity index (χ4v) is 3.48. The molecule has 0 fully saturated rings. The molecular formula is C22H20N4O2S. The molecule has 29 heavy (non-hydrogen) atoms. The van der Waals surface area contributed by atoms with Gasteiger partial charge in [0, 0.05) is 5.69 Å². The summed E-state index contributed by atoms with van der Waals surface area (Å²) in [5.74, 6) is 1.55.